The SMILES string of the molecule is O=C(N1CCC(O)(Cn2cnc(C3CC3)cc2=O)C2(CCCC2)C1)N1CCOCC1c1ccccc1. The number of aromatic nitrogens is 2. The molecular weight excluding hydrogens is 456 g/mol. The zero-order chi connectivity index (χ0) is 24.8. The smallest absolute Gasteiger partial charge is 0.320 e. The molecule has 2 unspecified atom stereocenters. The van der Waals surface area contributed by atoms with Crippen LogP contribution in [-0.2, 0) is 11.3 Å². The zero-order valence-electron chi connectivity index (χ0n) is 20.8. The number of morpholine rings is 1. The maximum atomic E-state index is 13.9. The molecule has 2 aromatic rings. The number of hydrogen-bond donors (Lipinski definition) is 1. The number of carbonyl (C=O) groups is 1. The third-order valence-electron chi connectivity index (χ3n) is 8.99. The van der Waals surface area contributed by atoms with Crippen molar-refractivity contribution in [2.45, 2.75) is 69.1 Å². The van der Waals surface area contributed by atoms with Gasteiger partial charge in [-0.1, -0.05) is 43.2 Å². The van der Waals surface area contributed by atoms with Gasteiger partial charge in [0.2, 0.25) is 0 Å². The van der Waals surface area contributed by atoms with E-state index in [2.05, 4.69) is 4.98 Å². The van der Waals surface area contributed by atoms with Gasteiger partial charge in [-0.3, -0.25) is 9.36 Å². The van der Waals surface area contributed by atoms with E-state index in [1.165, 1.54) is 0 Å². The van der Waals surface area contributed by atoms with Crippen LogP contribution in [0.15, 0.2) is 47.5 Å². The van der Waals surface area contributed by atoms with Gasteiger partial charge in [0.05, 0.1) is 43.4 Å². The fourth-order valence-corrected chi connectivity index (χ4v) is 6.67. The molecule has 1 aromatic heterocycles. The van der Waals surface area contributed by atoms with Crippen LogP contribution in [0.1, 0.15) is 68.2 Å². The Hall–Kier alpha value is -2.71. The van der Waals surface area contributed by atoms with Gasteiger partial charge in [0, 0.05) is 37.0 Å². The van der Waals surface area contributed by atoms with Gasteiger partial charge in [-0.2, -0.15) is 0 Å². The molecule has 2 saturated heterocycles. The van der Waals surface area contributed by atoms with Gasteiger partial charge in [0.1, 0.15) is 0 Å². The molecule has 4 aliphatic rings. The van der Waals surface area contributed by atoms with Gasteiger partial charge < -0.3 is 19.6 Å². The van der Waals surface area contributed by atoms with Crippen LogP contribution in [0.2, 0.25) is 0 Å². The fraction of sp³-hybridized carbons (Fsp3) is 0.607. The zero-order valence-corrected chi connectivity index (χ0v) is 20.8. The van der Waals surface area contributed by atoms with Crippen LogP contribution < -0.4 is 5.56 Å². The van der Waals surface area contributed by atoms with Crippen LogP contribution in [0.3, 0.4) is 0 Å². The van der Waals surface area contributed by atoms with E-state index in [1.807, 2.05) is 40.1 Å². The predicted octanol–water partition coefficient (Wildman–Crippen LogP) is 3.31. The summed E-state index contributed by atoms with van der Waals surface area (Å²) in [5.74, 6) is 0.422. The third kappa shape index (κ3) is 4.24. The summed E-state index contributed by atoms with van der Waals surface area (Å²) in [6.45, 7) is 2.80. The summed E-state index contributed by atoms with van der Waals surface area (Å²) in [6, 6.07) is 11.6. The topological polar surface area (TPSA) is 87.9 Å². The molecule has 2 amide bonds. The molecule has 1 N–H and O–H groups in total. The Bertz CT molecular complexity index is 1160. The van der Waals surface area contributed by atoms with Crippen molar-refractivity contribution in [1.29, 1.82) is 0 Å². The lowest BCUT2D eigenvalue weighted by Crippen LogP contribution is -2.64. The second-order valence-electron chi connectivity index (χ2n) is 11.2. The number of nitrogens with zero attached hydrogens (tertiary/aromatic N) is 4. The van der Waals surface area contributed by atoms with E-state index in [0.717, 1.165) is 49.8 Å². The van der Waals surface area contributed by atoms with Gasteiger partial charge >= 0.3 is 6.03 Å². The normalized spacial score (nSPS) is 28.0. The second-order valence-corrected chi connectivity index (χ2v) is 11.2. The molecule has 3 heterocycles. The molecule has 192 valence electrons. The summed E-state index contributed by atoms with van der Waals surface area (Å²) in [5.41, 5.74) is 0.403. The minimum Gasteiger partial charge on any atom is -0.387 e. The fourth-order valence-electron chi connectivity index (χ4n) is 6.67. The van der Waals surface area contributed by atoms with Gasteiger partial charge in [-0.25, -0.2) is 9.78 Å². The highest BCUT2D eigenvalue weighted by Crippen LogP contribution is 2.52. The number of hydrogen-bond acceptors (Lipinski definition) is 5. The lowest BCUT2D eigenvalue weighted by Gasteiger charge is -2.53. The third-order valence-corrected chi connectivity index (χ3v) is 8.99. The van der Waals surface area contributed by atoms with Gasteiger partial charge in [0.25, 0.3) is 5.56 Å². The largest absolute Gasteiger partial charge is 0.387 e. The maximum Gasteiger partial charge on any atom is 0.320 e. The molecule has 1 spiro atoms. The van der Waals surface area contributed by atoms with Crippen LogP contribution >= 0.6 is 0 Å². The van der Waals surface area contributed by atoms with Crippen molar-refractivity contribution in [3.8, 4) is 0 Å². The monoisotopic (exact) mass is 492 g/mol. The predicted molar refractivity (Wildman–Crippen MR) is 135 cm³/mol. The number of carbonyl (C=O) groups excluding carboxylic acids is 1. The lowest BCUT2D eigenvalue weighted by molar-refractivity contribution is -0.137. The van der Waals surface area contributed by atoms with Crippen molar-refractivity contribution >= 4 is 6.03 Å². The maximum absolute atomic E-state index is 13.9. The van der Waals surface area contributed by atoms with Crippen molar-refractivity contribution in [1.82, 2.24) is 19.4 Å². The molecule has 8 heteroatoms. The summed E-state index contributed by atoms with van der Waals surface area (Å²) in [7, 11) is 0. The number of ether oxygens (including phenoxy) is 1. The highest BCUT2D eigenvalue weighted by atomic mass is 16.5. The Labute approximate surface area is 211 Å². The van der Waals surface area contributed by atoms with Crippen LogP contribution in [0.25, 0.3) is 0 Å². The molecule has 36 heavy (non-hydrogen) atoms. The summed E-state index contributed by atoms with van der Waals surface area (Å²) in [4.78, 5) is 35.1. The Balaban J connectivity index is 1.22. The van der Waals surface area contributed by atoms with E-state index in [1.54, 1.807) is 17.0 Å². The van der Waals surface area contributed by atoms with Gasteiger partial charge in [0.15, 0.2) is 0 Å². The van der Waals surface area contributed by atoms with E-state index in [0.29, 0.717) is 45.2 Å². The molecule has 0 radical (unpaired) electrons. The van der Waals surface area contributed by atoms with Crippen molar-refractivity contribution < 1.29 is 14.6 Å². The summed E-state index contributed by atoms with van der Waals surface area (Å²) >= 11 is 0. The molecule has 8 nitrogen and oxygen atoms in total. The first-order valence-corrected chi connectivity index (χ1v) is 13.5. The van der Waals surface area contributed by atoms with E-state index < -0.39 is 11.0 Å². The lowest BCUT2D eigenvalue weighted by atomic mass is 9.66. The Morgan fingerprint density at radius 2 is 1.89 bits per heavy atom. The number of benzene rings is 1. The van der Waals surface area contributed by atoms with Crippen molar-refractivity contribution in [3.63, 3.8) is 0 Å². The van der Waals surface area contributed by atoms with Crippen LogP contribution in [0, 0.1) is 5.41 Å². The summed E-state index contributed by atoms with van der Waals surface area (Å²) < 4.78 is 7.32. The quantitative estimate of drug-likeness (QED) is 0.708. The Morgan fingerprint density at radius 3 is 2.61 bits per heavy atom. The average molecular weight is 493 g/mol. The van der Waals surface area contributed by atoms with E-state index in [4.69, 9.17) is 4.74 Å². The van der Waals surface area contributed by atoms with Crippen molar-refractivity contribution in [2.24, 2.45) is 5.41 Å². The number of piperidine rings is 1. The van der Waals surface area contributed by atoms with E-state index in [-0.39, 0.29) is 24.2 Å². The first kappa shape index (κ1) is 23.7. The minimum atomic E-state index is -1.04. The molecule has 2 aliphatic carbocycles. The molecule has 1 aromatic carbocycles. The minimum absolute atomic E-state index is 0.0214. The standard InChI is InChI=1S/C28H36N4O4/c33-25-16-23(21-8-9-21)29-20-31(25)19-28(35)12-13-30(18-27(28)10-4-5-11-27)26(34)32-14-15-36-17-24(32)22-6-2-1-3-7-22/h1-3,6-7,16,20-21,24,35H,4-5,8-15,17-19H2. The van der Waals surface area contributed by atoms with E-state index in [9.17, 15) is 14.7 Å². The average Bonchev–Trinajstić information content (AvgIpc) is 3.65. The van der Waals surface area contributed by atoms with Crippen LogP contribution in [-0.4, -0.2) is 68.9 Å². The highest BCUT2D eigenvalue weighted by Gasteiger charge is 2.56. The number of amides is 2. The second kappa shape index (κ2) is 9.30. The van der Waals surface area contributed by atoms with Crippen LogP contribution in [0.5, 0.6) is 0 Å². The number of urea groups is 1. The molecule has 2 aliphatic heterocycles. The number of likely N-dealkylation sites (tertiary alicyclic amines) is 1. The van der Waals surface area contributed by atoms with Crippen LogP contribution in [0.4, 0.5) is 4.79 Å². The molecule has 2 saturated carbocycles. The van der Waals surface area contributed by atoms with Gasteiger partial charge in [-0.05, 0) is 37.7 Å². The Kier molecular flexibility index (Phi) is 6.12. The number of rotatable bonds is 4. The number of aliphatic hydroxyl groups is 1. The molecular formula is C28H36N4O4. The summed E-state index contributed by atoms with van der Waals surface area (Å²) in [6.07, 6.45) is 8.05. The van der Waals surface area contributed by atoms with Crippen molar-refractivity contribution in [2.75, 3.05) is 32.8 Å². The van der Waals surface area contributed by atoms with Gasteiger partial charge in [-0.15, -0.1) is 0 Å². The molecule has 2 atom stereocenters. The highest BCUT2D eigenvalue weighted by molar-refractivity contribution is 5.75. The summed E-state index contributed by atoms with van der Waals surface area (Å²) in [5, 5.41) is 12.1. The van der Waals surface area contributed by atoms with Crippen molar-refractivity contribution in [3.05, 3.63) is 64.3 Å². The molecule has 6 rings (SSSR count). The molecule has 4 fully saturated rings. The van der Waals surface area contributed by atoms with E-state index >= 15 is 0 Å². The Morgan fingerprint density at radius 1 is 1.11 bits per heavy atom. The molecule has 0 bridgehead atoms. The first-order valence-electron chi connectivity index (χ1n) is 13.5. The first-order chi connectivity index (χ1) is 17.5.